The van der Waals surface area contributed by atoms with Crippen LogP contribution in [0, 0.1) is 10.1 Å². The minimum absolute atomic E-state index is 0.0277. The number of ether oxygens (including phenoxy) is 1. The number of carbonyl (C=O) groups excluding carboxylic acids is 1. The van der Waals surface area contributed by atoms with Gasteiger partial charge in [0.1, 0.15) is 0 Å². The molecule has 0 radical (unpaired) electrons. The number of phenols is 1. The first-order valence-corrected chi connectivity index (χ1v) is 9.64. The van der Waals surface area contributed by atoms with E-state index in [1.165, 1.54) is 30.2 Å². The molecule has 0 aliphatic rings. The standard InChI is InChI=1S/C17H14N4O5S2/c1-26-14-7-12(21(24)25)10(6-13(14)22)8-18-20-16(23)9-27-17-19-11-4-2-3-5-15(11)28-17/h2-8,22H,9H2,1H3,(H,20,23)/b18-8-. The van der Waals surface area contributed by atoms with Crippen molar-refractivity contribution in [3.05, 3.63) is 52.1 Å². The number of nitro benzene ring substituents is 1. The van der Waals surface area contributed by atoms with Crippen LogP contribution in [0.25, 0.3) is 10.2 Å². The van der Waals surface area contributed by atoms with Crippen LogP contribution in [-0.4, -0.2) is 40.0 Å². The summed E-state index contributed by atoms with van der Waals surface area (Å²) in [5, 5.41) is 24.6. The molecule has 0 fully saturated rings. The number of amides is 1. The van der Waals surface area contributed by atoms with E-state index in [0.717, 1.165) is 32.9 Å². The van der Waals surface area contributed by atoms with E-state index in [9.17, 15) is 20.0 Å². The number of fused-ring (bicyclic) bond motifs is 1. The summed E-state index contributed by atoms with van der Waals surface area (Å²) in [5.41, 5.74) is 2.90. The number of nitrogens with one attached hydrogen (secondary N) is 1. The number of rotatable bonds is 7. The van der Waals surface area contributed by atoms with E-state index in [0.29, 0.717) is 0 Å². The van der Waals surface area contributed by atoms with Crippen LogP contribution in [0.2, 0.25) is 0 Å². The highest BCUT2D eigenvalue weighted by Gasteiger charge is 2.17. The highest BCUT2D eigenvalue weighted by Crippen LogP contribution is 2.32. The van der Waals surface area contributed by atoms with Gasteiger partial charge in [-0.2, -0.15) is 5.10 Å². The Morgan fingerprint density at radius 3 is 2.96 bits per heavy atom. The maximum atomic E-state index is 11.9. The van der Waals surface area contributed by atoms with Crippen LogP contribution in [0.4, 0.5) is 5.69 Å². The second-order valence-electron chi connectivity index (χ2n) is 5.37. The first-order valence-electron chi connectivity index (χ1n) is 7.83. The van der Waals surface area contributed by atoms with Gasteiger partial charge in [0.2, 0.25) is 0 Å². The van der Waals surface area contributed by atoms with E-state index in [4.69, 9.17) is 4.74 Å². The maximum absolute atomic E-state index is 11.9. The Hall–Kier alpha value is -3.18. The van der Waals surface area contributed by atoms with Crippen molar-refractivity contribution < 1.29 is 19.6 Å². The second-order valence-corrected chi connectivity index (χ2v) is 7.62. The number of para-hydroxylation sites is 1. The highest BCUT2D eigenvalue weighted by atomic mass is 32.2. The molecule has 1 amide bonds. The molecule has 2 aromatic carbocycles. The number of aromatic nitrogens is 1. The zero-order valence-corrected chi connectivity index (χ0v) is 16.1. The number of carbonyl (C=O) groups is 1. The van der Waals surface area contributed by atoms with Gasteiger partial charge < -0.3 is 9.84 Å². The van der Waals surface area contributed by atoms with Gasteiger partial charge in [-0.1, -0.05) is 23.9 Å². The number of hydrogen-bond donors (Lipinski definition) is 2. The Morgan fingerprint density at radius 2 is 2.25 bits per heavy atom. The van der Waals surface area contributed by atoms with Crippen molar-refractivity contribution in [1.82, 2.24) is 10.4 Å². The summed E-state index contributed by atoms with van der Waals surface area (Å²) < 4.78 is 6.65. The average Bonchev–Trinajstić information content (AvgIpc) is 3.09. The summed E-state index contributed by atoms with van der Waals surface area (Å²) in [7, 11) is 1.29. The van der Waals surface area contributed by atoms with Gasteiger partial charge in [0, 0.05) is 0 Å². The lowest BCUT2D eigenvalue weighted by molar-refractivity contribution is -0.385. The molecule has 9 nitrogen and oxygen atoms in total. The average molecular weight is 418 g/mol. The molecule has 0 atom stereocenters. The fourth-order valence-electron chi connectivity index (χ4n) is 2.25. The van der Waals surface area contributed by atoms with Gasteiger partial charge in [-0.25, -0.2) is 10.4 Å². The number of hydrogen-bond acceptors (Lipinski definition) is 9. The van der Waals surface area contributed by atoms with Gasteiger partial charge in [0.05, 0.1) is 45.8 Å². The molecule has 1 heterocycles. The summed E-state index contributed by atoms with van der Waals surface area (Å²) in [5.74, 6) is -0.596. The van der Waals surface area contributed by atoms with E-state index in [1.807, 2.05) is 24.3 Å². The lowest BCUT2D eigenvalue weighted by Gasteiger charge is -2.05. The number of nitrogens with zero attached hydrogens (tertiary/aromatic N) is 3. The lowest BCUT2D eigenvalue weighted by atomic mass is 10.1. The first kappa shape index (κ1) is 19.6. The number of nitro groups is 1. The van der Waals surface area contributed by atoms with Crippen molar-refractivity contribution in [1.29, 1.82) is 0 Å². The smallest absolute Gasteiger partial charge is 0.282 e. The normalized spacial score (nSPS) is 11.0. The Kier molecular flexibility index (Phi) is 6.06. The Morgan fingerprint density at radius 1 is 1.46 bits per heavy atom. The molecule has 0 unspecified atom stereocenters. The van der Waals surface area contributed by atoms with Crippen LogP contribution in [0.5, 0.6) is 11.5 Å². The summed E-state index contributed by atoms with van der Waals surface area (Å²) >= 11 is 2.76. The van der Waals surface area contributed by atoms with Crippen LogP contribution in [0.15, 0.2) is 45.8 Å². The molecule has 0 spiro atoms. The van der Waals surface area contributed by atoms with Crippen molar-refractivity contribution in [3.63, 3.8) is 0 Å². The molecule has 3 rings (SSSR count). The molecule has 11 heteroatoms. The van der Waals surface area contributed by atoms with Gasteiger partial charge in [-0.05, 0) is 18.2 Å². The molecule has 28 heavy (non-hydrogen) atoms. The fourth-order valence-corrected chi connectivity index (χ4v) is 4.11. The molecular formula is C17H14N4O5S2. The second kappa shape index (κ2) is 8.67. The zero-order valence-electron chi connectivity index (χ0n) is 14.5. The molecule has 0 aliphatic carbocycles. The van der Waals surface area contributed by atoms with E-state index >= 15 is 0 Å². The first-order chi connectivity index (χ1) is 13.5. The van der Waals surface area contributed by atoms with Gasteiger partial charge >= 0.3 is 0 Å². The highest BCUT2D eigenvalue weighted by molar-refractivity contribution is 8.01. The quantitative estimate of drug-likeness (QED) is 0.261. The van der Waals surface area contributed by atoms with Crippen LogP contribution < -0.4 is 10.2 Å². The van der Waals surface area contributed by atoms with E-state index in [-0.39, 0.29) is 34.4 Å². The fraction of sp³-hybridized carbons (Fsp3) is 0.118. The molecule has 1 aromatic heterocycles. The van der Waals surface area contributed by atoms with E-state index in [1.54, 1.807) is 0 Å². The predicted octanol–water partition coefficient (Wildman–Crippen LogP) is 3.16. The molecule has 0 bridgehead atoms. The van der Waals surface area contributed by atoms with Crippen molar-refractivity contribution in [2.75, 3.05) is 12.9 Å². The molecule has 0 saturated heterocycles. The number of benzene rings is 2. The van der Waals surface area contributed by atoms with Gasteiger partial charge in [-0.15, -0.1) is 11.3 Å². The Balaban J connectivity index is 1.61. The van der Waals surface area contributed by atoms with Crippen molar-refractivity contribution in [2.24, 2.45) is 5.10 Å². The van der Waals surface area contributed by atoms with Crippen LogP contribution in [0.1, 0.15) is 5.56 Å². The van der Waals surface area contributed by atoms with Gasteiger partial charge in [0.15, 0.2) is 15.8 Å². The van der Waals surface area contributed by atoms with Crippen molar-refractivity contribution in [2.45, 2.75) is 4.34 Å². The number of thioether (sulfide) groups is 1. The summed E-state index contributed by atoms with van der Waals surface area (Å²) in [4.78, 5) is 26.9. The molecular weight excluding hydrogens is 404 g/mol. The molecule has 0 saturated carbocycles. The largest absolute Gasteiger partial charge is 0.504 e. The molecule has 2 N–H and O–H groups in total. The number of methoxy groups -OCH3 is 1. The number of aromatic hydroxyl groups is 1. The minimum atomic E-state index is -0.631. The van der Waals surface area contributed by atoms with Crippen molar-refractivity contribution >= 4 is 51.1 Å². The summed E-state index contributed by atoms with van der Waals surface area (Å²) in [6.45, 7) is 0. The van der Waals surface area contributed by atoms with Crippen molar-refractivity contribution in [3.8, 4) is 11.5 Å². The van der Waals surface area contributed by atoms with E-state index in [2.05, 4.69) is 15.5 Å². The Bertz CT molecular complexity index is 1030. The third-order valence-corrected chi connectivity index (χ3v) is 5.70. The topological polar surface area (TPSA) is 127 Å². The van der Waals surface area contributed by atoms with Gasteiger partial charge in [0.25, 0.3) is 11.6 Å². The van der Waals surface area contributed by atoms with E-state index < -0.39 is 4.92 Å². The maximum Gasteiger partial charge on any atom is 0.282 e. The molecule has 144 valence electrons. The van der Waals surface area contributed by atoms with Crippen LogP contribution >= 0.6 is 23.1 Å². The third kappa shape index (κ3) is 4.56. The molecule has 0 aliphatic heterocycles. The lowest BCUT2D eigenvalue weighted by Crippen LogP contribution is -2.19. The number of thiazole rings is 1. The van der Waals surface area contributed by atoms with Crippen LogP contribution in [0.3, 0.4) is 0 Å². The predicted molar refractivity (Wildman–Crippen MR) is 107 cm³/mol. The zero-order chi connectivity index (χ0) is 20.1. The van der Waals surface area contributed by atoms with Crippen LogP contribution in [-0.2, 0) is 4.79 Å². The van der Waals surface area contributed by atoms with Gasteiger partial charge in [-0.3, -0.25) is 14.9 Å². The monoisotopic (exact) mass is 418 g/mol. The summed E-state index contributed by atoms with van der Waals surface area (Å²) in [6.07, 6.45) is 1.09. The molecule has 3 aromatic rings. The third-order valence-electron chi connectivity index (χ3n) is 3.52. The Labute approximate surface area is 167 Å². The number of hydrazone groups is 1. The number of phenolic OH excluding ortho intramolecular Hbond substituents is 1. The minimum Gasteiger partial charge on any atom is -0.504 e. The SMILES string of the molecule is COc1cc([N+](=O)[O-])c(/C=N\NC(=O)CSc2nc3ccccc3s2)cc1O. The summed E-state index contributed by atoms with van der Waals surface area (Å²) in [6, 6.07) is 9.90.